The van der Waals surface area contributed by atoms with Gasteiger partial charge >= 0.3 is 0 Å². The Labute approximate surface area is 91.3 Å². The predicted octanol–water partition coefficient (Wildman–Crippen LogP) is 2.55. The summed E-state index contributed by atoms with van der Waals surface area (Å²) >= 11 is 16.8. The molecule has 3 nitrogen and oxygen atoms in total. The average molecular weight is 262 g/mol. The third-order valence-electron chi connectivity index (χ3n) is 1.13. The molecule has 1 rings (SSSR count). The quantitative estimate of drug-likeness (QED) is 0.832. The van der Waals surface area contributed by atoms with Crippen LogP contribution in [-0.2, 0) is 11.0 Å². The van der Waals surface area contributed by atoms with Crippen LogP contribution in [0.2, 0.25) is 15.1 Å². The standard InChI is InChI=1S/C6H3Cl3O3S/c7-3-1-4(8)6(5(9)2-3)12-13(10)11/h1-2,13H. The monoisotopic (exact) mass is 260 g/mol. The lowest BCUT2D eigenvalue weighted by molar-refractivity contribution is 0.511. The van der Waals surface area contributed by atoms with Crippen molar-refractivity contribution in [2.24, 2.45) is 0 Å². The van der Waals surface area contributed by atoms with E-state index in [1.165, 1.54) is 12.1 Å². The van der Waals surface area contributed by atoms with Gasteiger partial charge in [0.2, 0.25) is 0 Å². The second kappa shape index (κ2) is 4.37. The predicted molar refractivity (Wildman–Crippen MR) is 52.4 cm³/mol. The minimum atomic E-state index is -3.03. The van der Waals surface area contributed by atoms with Crippen LogP contribution in [0.1, 0.15) is 0 Å². The molecule has 1 aromatic rings. The van der Waals surface area contributed by atoms with Crippen LogP contribution in [-0.4, -0.2) is 8.42 Å². The van der Waals surface area contributed by atoms with Crippen LogP contribution in [0.5, 0.6) is 5.75 Å². The number of hydrogen-bond donors (Lipinski definition) is 1. The Bertz CT molecular complexity index is 371. The fraction of sp³-hybridized carbons (Fsp3) is 0. The van der Waals surface area contributed by atoms with Gasteiger partial charge in [-0.25, -0.2) is 0 Å². The van der Waals surface area contributed by atoms with E-state index in [0.29, 0.717) is 5.02 Å². The van der Waals surface area contributed by atoms with Crippen molar-refractivity contribution in [2.45, 2.75) is 0 Å². The van der Waals surface area contributed by atoms with Crippen molar-refractivity contribution in [2.75, 3.05) is 0 Å². The van der Waals surface area contributed by atoms with E-state index >= 15 is 0 Å². The van der Waals surface area contributed by atoms with Crippen molar-refractivity contribution < 1.29 is 12.6 Å². The van der Waals surface area contributed by atoms with E-state index in [0.717, 1.165) is 0 Å². The molecule has 0 atom stereocenters. The molecule has 0 aliphatic carbocycles. The SMILES string of the molecule is O=[SH](=O)Oc1c(Cl)cc(Cl)cc1Cl. The van der Waals surface area contributed by atoms with Crippen molar-refractivity contribution in [1.29, 1.82) is 0 Å². The maximum absolute atomic E-state index is 10.2. The lowest BCUT2D eigenvalue weighted by Crippen LogP contribution is -1.91. The normalized spacial score (nSPS) is 10.5. The summed E-state index contributed by atoms with van der Waals surface area (Å²) in [6, 6.07) is 2.67. The Hall–Kier alpha value is -0.160. The average Bonchev–Trinajstić information content (AvgIpc) is 1.96. The van der Waals surface area contributed by atoms with Gasteiger partial charge in [-0.3, -0.25) is 0 Å². The summed E-state index contributed by atoms with van der Waals surface area (Å²) < 4.78 is 24.8. The van der Waals surface area contributed by atoms with Gasteiger partial charge in [0.1, 0.15) is 0 Å². The van der Waals surface area contributed by atoms with Crippen molar-refractivity contribution in [3.8, 4) is 5.75 Å². The highest BCUT2D eigenvalue weighted by molar-refractivity contribution is 7.67. The molecule has 13 heavy (non-hydrogen) atoms. The molecule has 0 fully saturated rings. The minimum absolute atomic E-state index is 0.0525. The lowest BCUT2D eigenvalue weighted by Gasteiger charge is -2.03. The molecule has 0 amide bonds. The van der Waals surface area contributed by atoms with Crippen LogP contribution in [0.4, 0.5) is 0 Å². The zero-order chi connectivity index (χ0) is 10.0. The zero-order valence-corrected chi connectivity index (χ0v) is 9.12. The van der Waals surface area contributed by atoms with Crippen LogP contribution in [0.3, 0.4) is 0 Å². The van der Waals surface area contributed by atoms with E-state index in [2.05, 4.69) is 4.18 Å². The first-order chi connectivity index (χ1) is 6.00. The Morgan fingerprint density at radius 2 is 1.54 bits per heavy atom. The summed E-state index contributed by atoms with van der Waals surface area (Å²) in [6.07, 6.45) is 0. The van der Waals surface area contributed by atoms with Crippen molar-refractivity contribution in [1.82, 2.24) is 0 Å². The molecule has 7 heteroatoms. The number of benzene rings is 1. The van der Waals surface area contributed by atoms with E-state index in [-0.39, 0.29) is 15.8 Å². The minimum Gasteiger partial charge on any atom is -0.381 e. The molecule has 0 aliphatic heterocycles. The molecule has 0 heterocycles. The molecule has 0 saturated heterocycles. The molecule has 0 unspecified atom stereocenters. The van der Waals surface area contributed by atoms with E-state index in [1.807, 2.05) is 0 Å². The first kappa shape index (κ1) is 10.9. The summed E-state index contributed by atoms with van der Waals surface area (Å²) in [7, 11) is -3.03. The summed E-state index contributed by atoms with van der Waals surface area (Å²) in [5, 5.41) is 0.414. The number of hydrogen-bond acceptors (Lipinski definition) is 3. The van der Waals surface area contributed by atoms with Crippen LogP contribution >= 0.6 is 34.8 Å². The molecule has 0 aromatic heterocycles. The summed E-state index contributed by atoms with van der Waals surface area (Å²) in [6.45, 7) is 0. The summed E-state index contributed by atoms with van der Waals surface area (Å²) in [5.41, 5.74) is 0. The van der Waals surface area contributed by atoms with Gasteiger partial charge in [0.05, 0.1) is 10.0 Å². The van der Waals surface area contributed by atoms with E-state index < -0.39 is 11.0 Å². The first-order valence-corrected chi connectivity index (χ1v) is 5.20. The van der Waals surface area contributed by atoms with Crippen LogP contribution < -0.4 is 4.18 Å². The fourth-order valence-corrected chi connectivity index (χ4v) is 2.04. The Kier molecular flexibility index (Phi) is 3.67. The Balaban J connectivity index is 3.20. The molecule has 1 aromatic carbocycles. The van der Waals surface area contributed by atoms with E-state index in [1.54, 1.807) is 0 Å². The molecule has 0 bridgehead atoms. The molecule has 72 valence electrons. The van der Waals surface area contributed by atoms with E-state index in [4.69, 9.17) is 34.8 Å². The van der Waals surface area contributed by atoms with Crippen molar-refractivity contribution in [3.05, 3.63) is 27.2 Å². The third kappa shape index (κ3) is 2.91. The zero-order valence-electron chi connectivity index (χ0n) is 5.96. The Morgan fingerprint density at radius 1 is 1.08 bits per heavy atom. The highest BCUT2D eigenvalue weighted by Crippen LogP contribution is 2.35. The van der Waals surface area contributed by atoms with Crippen LogP contribution in [0.15, 0.2) is 12.1 Å². The molecule has 0 saturated carbocycles. The molecular formula is C6H3Cl3O3S. The van der Waals surface area contributed by atoms with Crippen LogP contribution in [0.25, 0.3) is 0 Å². The van der Waals surface area contributed by atoms with Gasteiger partial charge < -0.3 is 4.18 Å². The first-order valence-electron chi connectivity index (χ1n) is 2.97. The second-order valence-corrected chi connectivity index (χ2v) is 3.89. The van der Waals surface area contributed by atoms with Gasteiger partial charge in [0.25, 0.3) is 11.0 Å². The van der Waals surface area contributed by atoms with Gasteiger partial charge in [-0.1, -0.05) is 34.8 Å². The number of halogens is 3. The Morgan fingerprint density at radius 3 is 1.92 bits per heavy atom. The highest BCUT2D eigenvalue weighted by atomic mass is 35.5. The maximum atomic E-state index is 10.2. The molecule has 0 N–H and O–H groups in total. The highest BCUT2D eigenvalue weighted by Gasteiger charge is 2.09. The molecule has 0 radical (unpaired) electrons. The summed E-state index contributed by atoms with van der Waals surface area (Å²) in [5.74, 6) is -0.108. The van der Waals surface area contributed by atoms with E-state index in [9.17, 15) is 8.42 Å². The number of thiol groups is 1. The van der Waals surface area contributed by atoms with Gasteiger partial charge in [0.15, 0.2) is 5.75 Å². The third-order valence-corrected chi connectivity index (χ3v) is 2.24. The second-order valence-electron chi connectivity index (χ2n) is 2.01. The van der Waals surface area contributed by atoms with Gasteiger partial charge in [0, 0.05) is 5.02 Å². The lowest BCUT2D eigenvalue weighted by atomic mass is 10.3. The fourth-order valence-electron chi connectivity index (χ4n) is 0.691. The van der Waals surface area contributed by atoms with Gasteiger partial charge in [-0.15, -0.1) is 0 Å². The molecule has 0 spiro atoms. The molecular weight excluding hydrogens is 258 g/mol. The molecule has 0 aliphatic rings. The largest absolute Gasteiger partial charge is 0.381 e. The van der Waals surface area contributed by atoms with Crippen LogP contribution in [0, 0.1) is 0 Å². The van der Waals surface area contributed by atoms with Gasteiger partial charge in [-0.05, 0) is 12.1 Å². The smallest absolute Gasteiger partial charge is 0.299 e. The topological polar surface area (TPSA) is 43.4 Å². The number of rotatable bonds is 2. The van der Waals surface area contributed by atoms with Crippen molar-refractivity contribution >= 4 is 45.8 Å². The van der Waals surface area contributed by atoms with Crippen molar-refractivity contribution in [3.63, 3.8) is 0 Å². The maximum Gasteiger partial charge on any atom is 0.299 e. The summed E-state index contributed by atoms with van der Waals surface area (Å²) in [4.78, 5) is 0. The van der Waals surface area contributed by atoms with Gasteiger partial charge in [-0.2, -0.15) is 8.42 Å².